The molecule has 2 unspecified atom stereocenters. The molecule has 3 N–H and O–H groups in total. The molecule has 8 rings (SSSR count). The zero-order chi connectivity index (χ0) is 35.3. The van der Waals surface area contributed by atoms with Crippen LogP contribution in [0.1, 0.15) is 47.9 Å². The second-order valence-corrected chi connectivity index (χ2v) is 14.7. The number of nitrogens with one attached hydrogen (secondary N) is 1. The van der Waals surface area contributed by atoms with Gasteiger partial charge in [-0.15, -0.1) is 0 Å². The Balaban J connectivity index is 1.18. The zero-order valence-electron chi connectivity index (χ0n) is 28.7. The predicted octanol–water partition coefficient (Wildman–Crippen LogP) is 6.80. The molecule has 5 aromatic rings. The van der Waals surface area contributed by atoms with Crippen LogP contribution in [0.5, 0.6) is 0 Å². The predicted molar refractivity (Wildman–Crippen MR) is 198 cm³/mol. The van der Waals surface area contributed by atoms with Gasteiger partial charge in [0, 0.05) is 56.4 Å². The highest BCUT2D eigenvalue weighted by molar-refractivity contribution is 6.34. The van der Waals surface area contributed by atoms with E-state index in [0.29, 0.717) is 65.9 Å². The van der Waals surface area contributed by atoms with E-state index >= 15 is 0 Å². The molecule has 2 aliphatic heterocycles. The number of halogens is 1. The lowest BCUT2D eigenvalue weighted by Gasteiger charge is -2.39. The summed E-state index contributed by atoms with van der Waals surface area (Å²) in [7, 11) is 0. The zero-order valence-corrected chi connectivity index (χ0v) is 29.5. The first kappa shape index (κ1) is 33.5. The number of nitrogens with zero attached hydrogens (tertiary/aromatic N) is 5. The molecule has 262 valence electrons. The second-order valence-electron chi connectivity index (χ2n) is 14.3. The summed E-state index contributed by atoms with van der Waals surface area (Å²) in [5.41, 5.74) is 6.41. The van der Waals surface area contributed by atoms with Crippen molar-refractivity contribution in [2.45, 2.75) is 51.4 Å². The quantitative estimate of drug-likeness (QED) is 0.151. The molecule has 0 saturated carbocycles. The molecule has 0 spiro atoms. The van der Waals surface area contributed by atoms with E-state index in [1.54, 1.807) is 6.20 Å². The van der Waals surface area contributed by atoms with E-state index in [-0.39, 0.29) is 17.9 Å². The largest absolute Gasteiger partial charge is 0.481 e. The maximum atomic E-state index is 11.5. The van der Waals surface area contributed by atoms with Crippen LogP contribution in [0.2, 0.25) is 5.02 Å². The number of carbonyl (C=O) groups is 1. The number of aromatic nitrogens is 3. The maximum absolute atomic E-state index is 11.5. The van der Waals surface area contributed by atoms with Crippen LogP contribution in [0.3, 0.4) is 0 Å². The van der Waals surface area contributed by atoms with Gasteiger partial charge < -0.3 is 19.9 Å². The Morgan fingerprint density at radius 2 is 1.86 bits per heavy atom. The summed E-state index contributed by atoms with van der Waals surface area (Å²) >= 11 is 6.89. The van der Waals surface area contributed by atoms with Crippen LogP contribution in [-0.2, 0) is 23.4 Å². The molecule has 1 aliphatic carbocycles. The van der Waals surface area contributed by atoms with Crippen LogP contribution in [-0.4, -0.2) is 73.2 Å². The van der Waals surface area contributed by atoms with Gasteiger partial charge in [0.25, 0.3) is 0 Å². The first-order chi connectivity index (χ1) is 24.7. The SMILES string of the molecule is Cc1ccccc1C1=CC=CC(Nc2nccc3cc(CN4CC[C@@H](C(=O)O)C4)cnc23)(c2nc3cc(CN4CC[C@@H](O)C4)cc(Cl)c3o2)C1C. The Bertz CT molecular complexity index is 2200. The van der Waals surface area contributed by atoms with E-state index in [1.807, 2.05) is 36.5 Å². The minimum absolute atomic E-state index is 0.158. The third-order valence-corrected chi connectivity index (χ3v) is 11.0. The van der Waals surface area contributed by atoms with E-state index in [4.69, 9.17) is 31.0 Å². The smallest absolute Gasteiger partial charge is 0.307 e. The molecule has 4 atom stereocenters. The van der Waals surface area contributed by atoms with Gasteiger partial charge in [-0.3, -0.25) is 19.6 Å². The molecular formula is C40H41ClN6O4. The van der Waals surface area contributed by atoms with Crippen LogP contribution < -0.4 is 5.32 Å². The van der Waals surface area contributed by atoms with Crippen molar-refractivity contribution >= 4 is 51.0 Å². The molecule has 3 aromatic heterocycles. The van der Waals surface area contributed by atoms with E-state index < -0.39 is 11.5 Å². The molecule has 3 aliphatic rings. The summed E-state index contributed by atoms with van der Waals surface area (Å²) < 4.78 is 6.64. The Labute approximate surface area is 301 Å². The maximum Gasteiger partial charge on any atom is 0.307 e. The molecule has 2 saturated heterocycles. The third kappa shape index (κ3) is 6.42. The number of pyridine rings is 2. The summed E-state index contributed by atoms with van der Waals surface area (Å²) in [4.78, 5) is 30.7. The number of hydrogen-bond donors (Lipinski definition) is 3. The molecule has 2 aromatic carbocycles. The summed E-state index contributed by atoms with van der Waals surface area (Å²) in [6, 6.07) is 16.4. The van der Waals surface area contributed by atoms with Crippen molar-refractivity contribution in [2.24, 2.45) is 11.8 Å². The van der Waals surface area contributed by atoms with Gasteiger partial charge in [0.1, 0.15) is 16.6 Å². The number of carboxylic acids is 1. The number of oxazole rings is 1. The number of aliphatic hydroxyl groups is 1. The molecule has 0 amide bonds. The van der Waals surface area contributed by atoms with E-state index in [0.717, 1.165) is 47.2 Å². The lowest BCUT2D eigenvalue weighted by molar-refractivity contribution is -0.141. The summed E-state index contributed by atoms with van der Waals surface area (Å²) in [6.45, 7) is 8.36. The number of β-amino-alcohol motifs (C(OH)–C–C–N with tert-alkyl or cyclic N) is 1. The lowest BCUT2D eigenvalue weighted by atomic mass is 9.73. The number of anilines is 1. The minimum atomic E-state index is -0.961. The highest BCUT2D eigenvalue weighted by Gasteiger charge is 2.45. The fourth-order valence-electron chi connectivity index (χ4n) is 7.96. The number of fused-ring (bicyclic) bond motifs is 2. The summed E-state index contributed by atoms with van der Waals surface area (Å²) in [5, 5.41) is 24.7. The van der Waals surface area contributed by atoms with Gasteiger partial charge in [-0.05, 0) is 84.5 Å². The van der Waals surface area contributed by atoms with Gasteiger partial charge in [0.2, 0.25) is 5.89 Å². The van der Waals surface area contributed by atoms with Crippen molar-refractivity contribution in [3.63, 3.8) is 0 Å². The van der Waals surface area contributed by atoms with Crippen LogP contribution >= 0.6 is 11.6 Å². The highest BCUT2D eigenvalue weighted by atomic mass is 35.5. The van der Waals surface area contributed by atoms with Gasteiger partial charge in [-0.1, -0.05) is 54.9 Å². The molecule has 11 heteroatoms. The average Bonchev–Trinajstić information content (AvgIpc) is 3.87. The number of aryl methyl sites for hydroxylation is 1. The third-order valence-electron chi connectivity index (χ3n) is 10.8. The fourth-order valence-corrected chi connectivity index (χ4v) is 8.24. The van der Waals surface area contributed by atoms with Gasteiger partial charge in [-0.2, -0.15) is 0 Å². The number of benzene rings is 2. The van der Waals surface area contributed by atoms with E-state index in [9.17, 15) is 15.0 Å². The van der Waals surface area contributed by atoms with E-state index in [2.05, 4.69) is 65.4 Å². The normalized spacial score (nSPS) is 24.1. The monoisotopic (exact) mass is 704 g/mol. The number of hydrogen-bond acceptors (Lipinski definition) is 9. The van der Waals surface area contributed by atoms with Gasteiger partial charge in [0.15, 0.2) is 11.4 Å². The molecule has 2 fully saturated rings. The molecular weight excluding hydrogens is 664 g/mol. The number of aliphatic carboxylic acids is 1. The van der Waals surface area contributed by atoms with Crippen LogP contribution in [0.25, 0.3) is 27.6 Å². The first-order valence-corrected chi connectivity index (χ1v) is 18.0. The topological polar surface area (TPSA) is 128 Å². The van der Waals surface area contributed by atoms with Crippen molar-refractivity contribution in [1.29, 1.82) is 0 Å². The number of carboxylic acid groups (broad SMARTS) is 1. The minimum Gasteiger partial charge on any atom is -0.481 e. The molecule has 10 nitrogen and oxygen atoms in total. The average molecular weight is 705 g/mol. The van der Waals surface area contributed by atoms with Crippen LogP contribution in [0.4, 0.5) is 5.82 Å². The van der Waals surface area contributed by atoms with Crippen molar-refractivity contribution < 1.29 is 19.4 Å². The Morgan fingerprint density at radius 3 is 2.65 bits per heavy atom. The van der Waals surface area contributed by atoms with Crippen molar-refractivity contribution in [3.8, 4) is 0 Å². The first-order valence-electron chi connectivity index (χ1n) is 17.6. The van der Waals surface area contributed by atoms with E-state index in [1.165, 1.54) is 5.56 Å². The van der Waals surface area contributed by atoms with Crippen LogP contribution in [0, 0.1) is 18.8 Å². The standard InChI is InChI=1S/C40H41ClN6O4/c1-24-6-3-4-7-31(24)32-8-5-12-40(25(32)2,39-44-34-18-26(17-33(41)36(34)51-39)20-47-15-11-30(48)23-47)45-37-35-28(9-13-42-37)16-27(19-43-35)21-46-14-10-29(22-46)38(49)50/h3-9,12-13,16-19,25,29-30,48H,10-11,14-15,20-23H2,1-2H3,(H,42,45)(H,49,50)/t25?,29-,30-,40?/m1/s1. The van der Waals surface area contributed by atoms with Crippen molar-refractivity contribution in [1.82, 2.24) is 24.8 Å². The van der Waals surface area contributed by atoms with Gasteiger partial charge in [0.05, 0.1) is 17.0 Å². The van der Waals surface area contributed by atoms with Crippen LogP contribution in [0.15, 0.2) is 83.6 Å². The van der Waals surface area contributed by atoms with Gasteiger partial charge >= 0.3 is 5.97 Å². The van der Waals surface area contributed by atoms with Crippen molar-refractivity contribution in [3.05, 3.63) is 112 Å². The number of likely N-dealkylation sites (tertiary alicyclic amines) is 2. The second kappa shape index (κ2) is 13.5. The molecule has 0 bridgehead atoms. The highest BCUT2D eigenvalue weighted by Crippen LogP contribution is 2.46. The van der Waals surface area contributed by atoms with Gasteiger partial charge in [-0.25, -0.2) is 9.97 Å². The Morgan fingerprint density at radius 1 is 1.06 bits per heavy atom. The number of aliphatic hydroxyl groups excluding tert-OH is 1. The summed E-state index contributed by atoms with van der Waals surface area (Å²) in [6.07, 6.45) is 11.0. The number of allylic oxidation sites excluding steroid dienone is 2. The molecule has 5 heterocycles. The molecule has 0 radical (unpaired) electrons. The fraction of sp³-hybridized carbons (Fsp3) is 0.350. The Kier molecular flexibility index (Phi) is 8.88. The summed E-state index contributed by atoms with van der Waals surface area (Å²) in [5.74, 6) is -0.162. The van der Waals surface area contributed by atoms with Crippen molar-refractivity contribution in [2.75, 3.05) is 31.5 Å². The lowest BCUT2D eigenvalue weighted by Crippen LogP contribution is -2.42. The Hall–Kier alpha value is -4.61. The number of rotatable bonds is 9. The molecule has 51 heavy (non-hydrogen) atoms.